The molecule has 18 heavy (non-hydrogen) atoms. The van der Waals surface area contributed by atoms with E-state index >= 15 is 0 Å². The second-order valence-electron chi connectivity index (χ2n) is 3.75. The fourth-order valence-electron chi connectivity index (χ4n) is 1.54. The number of halogens is 3. The lowest BCUT2D eigenvalue weighted by molar-refractivity contribution is -0.170. The van der Waals surface area contributed by atoms with Crippen LogP contribution < -0.4 is 4.90 Å². The first kappa shape index (κ1) is 12.4. The average molecular weight is 258 g/mol. The summed E-state index contributed by atoms with van der Waals surface area (Å²) in [6.45, 7) is 1.63. The van der Waals surface area contributed by atoms with Crippen LogP contribution in [-0.2, 0) is 4.79 Å². The number of aromatic nitrogens is 1. The minimum absolute atomic E-state index is 0.0981. The molecule has 0 unspecified atom stereocenters. The van der Waals surface area contributed by atoms with Gasteiger partial charge in [-0.2, -0.15) is 13.2 Å². The first-order chi connectivity index (χ1) is 8.29. The Bertz CT molecular complexity index is 604. The molecule has 1 heterocycles. The highest BCUT2D eigenvalue weighted by Gasteiger charge is 2.41. The van der Waals surface area contributed by atoms with Gasteiger partial charge in [-0.1, -0.05) is 0 Å². The molecule has 0 aliphatic heterocycles. The second kappa shape index (κ2) is 4.01. The van der Waals surface area contributed by atoms with Crippen LogP contribution in [0.4, 0.5) is 18.9 Å². The van der Waals surface area contributed by atoms with Gasteiger partial charge in [0.15, 0.2) is 11.5 Å². The third-order valence-electron chi connectivity index (χ3n) is 2.41. The van der Waals surface area contributed by atoms with Gasteiger partial charge in [-0.15, -0.1) is 0 Å². The normalized spacial score (nSPS) is 11.8. The predicted octanol–water partition coefficient (Wildman–Crippen LogP) is 2.66. The van der Waals surface area contributed by atoms with Crippen LogP contribution in [0, 0.1) is 6.92 Å². The Morgan fingerprint density at radius 3 is 2.67 bits per heavy atom. The summed E-state index contributed by atoms with van der Waals surface area (Å²) >= 11 is 0. The Labute approximate surface area is 100 Å². The number of oxazole rings is 1. The second-order valence-corrected chi connectivity index (χ2v) is 3.75. The average Bonchev–Trinajstić information content (AvgIpc) is 2.64. The summed E-state index contributed by atoms with van der Waals surface area (Å²) in [6, 6.07) is 4.23. The maximum Gasteiger partial charge on any atom is 0.471 e. The highest BCUT2D eigenvalue weighted by atomic mass is 19.4. The molecule has 2 aromatic rings. The third kappa shape index (κ3) is 2.15. The molecule has 0 saturated heterocycles. The van der Waals surface area contributed by atoms with Crippen LogP contribution in [0.15, 0.2) is 22.6 Å². The van der Waals surface area contributed by atoms with Crippen molar-refractivity contribution in [2.45, 2.75) is 13.1 Å². The fourth-order valence-corrected chi connectivity index (χ4v) is 1.54. The number of amides is 1. The lowest BCUT2D eigenvalue weighted by Gasteiger charge is -2.18. The largest absolute Gasteiger partial charge is 0.471 e. The number of hydrogen-bond acceptors (Lipinski definition) is 3. The molecule has 0 radical (unpaired) electrons. The van der Waals surface area contributed by atoms with Gasteiger partial charge in [0.1, 0.15) is 5.52 Å². The van der Waals surface area contributed by atoms with Gasteiger partial charge in [-0.25, -0.2) is 4.98 Å². The third-order valence-corrected chi connectivity index (χ3v) is 2.41. The van der Waals surface area contributed by atoms with E-state index in [-0.39, 0.29) is 5.69 Å². The van der Waals surface area contributed by atoms with E-state index < -0.39 is 12.1 Å². The minimum Gasteiger partial charge on any atom is -0.441 e. The summed E-state index contributed by atoms with van der Waals surface area (Å²) in [5, 5.41) is 0. The molecule has 1 aromatic carbocycles. The van der Waals surface area contributed by atoms with E-state index in [2.05, 4.69) is 4.98 Å². The summed E-state index contributed by atoms with van der Waals surface area (Å²) in [5.41, 5.74) is 0.969. The van der Waals surface area contributed by atoms with Gasteiger partial charge in [0.25, 0.3) is 0 Å². The fraction of sp³-hybridized carbons (Fsp3) is 0.273. The van der Waals surface area contributed by atoms with E-state index in [0.29, 0.717) is 21.9 Å². The smallest absolute Gasteiger partial charge is 0.441 e. The Morgan fingerprint density at radius 1 is 1.39 bits per heavy atom. The van der Waals surface area contributed by atoms with E-state index in [1.165, 1.54) is 18.2 Å². The Kier molecular flexibility index (Phi) is 2.76. The molecule has 1 amide bonds. The first-order valence-corrected chi connectivity index (χ1v) is 5.01. The van der Waals surface area contributed by atoms with E-state index in [9.17, 15) is 18.0 Å². The molecule has 96 valence electrons. The number of aryl methyl sites for hydroxylation is 1. The molecule has 0 spiro atoms. The van der Waals surface area contributed by atoms with Crippen molar-refractivity contribution in [1.82, 2.24) is 4.98 Å². The van der Waals surface area contributed by atoms with Gasteiger partial charge in [0.05, 0.1) is 0 Å². The molecule has 7 heteroatoms. The van der Waals surface area contributed by atoms with Crippen LogP contribution >= 0.6 is 0 Å². The zero-order valence-corrected chi connectivity index (χ0v) is 9.58. The molecule has 1 aromatic heterocycles. The minimum atomic E-state index is -4.90. The summed E-state index contributed by atoms with van der Waals surface area (Å²) in [6.07, 6.45) is -4.90. The van der Waals surface area contributed by atoms with Gasteiger partial charge >= 0.3 is 12.1 Å². The molecule has 0 saturated carbocycles. The molecule has 0 aliphatic rings. The summed E-state index contributed by atoms with van der Waals surface area (Å²) in [7, 11) is 1.06. The van der Waals surface area contributed by atoms with E-state index in [1.807, 2.05) is 0 Å². The molecular formula is C11H9F3N2O2. The van der Waals surface area contributed by atoms with Crippen LogP contribution in [0.5, 0.6) is 0 Å². The topological polar surface area (TPSA) is 46.3 Å². The maximum atomic E-state index is 12.3. The number of alkyl halides is 3. The van der Waals surface area contributed by atoms with Crippen LogP contribution in [-0.4, -0.2) is 24.1 Å². The molecule has 0 N–H and O–H groups in total. The molecule has 0 fully saturated rings. The highest BCUT2D eigenvalue weighted by molar-refractivity contribution is 5.98. The summed E-state index contributed by atoms with van der Waals surface area (Å²) in [5.74, 6) is -1.52. The Hall–Kier alpha value is -2.05. The van der Waals surface area contributed by atoms with Crippen LogP contribution in [0.25, 0.3) is 11.1 Å². The SMILES string of the molecule is Cc1nc2ccc(N(C)C(=O)C(F)(F)F)cc2o1. The zero-order chi connectivity index (χ0) is 13.5. The molecule has 0 bridgehead atoms. The molecule has 2 rings (SSSR count). The quantitative estimate of drug-likeness (QED) is 0.790. The molecule has 0 atom stereocenters. The van der Waals surface area contributed by atoms with Gasteiger partial charge < -0.3 is 9.32 Å². The summed E-state index contributed by atoms with van der Waals surface area (Å²) < 4.78 is 42.0. The van der Waals surface area contributed by atoms with Crippen molar-refractivity contribution in [2.24, 2.45) is 0 Å². The van der Waals surface area contributed by atoms with Crippen LogP contribution in [0.3, 0.4) is 0 Å². The van der Waals surface area contributed by atoms with Gasteiger partial charge in [0, 0.05) is 25.7 Å². The van der Waals surface area contributed by atoms with Gasteiger partial charge in [0.2, 0.25) is 0 Å². The summed E-state index contributed by atoms with van der Waals surface area (Å²) in [4.78, 5) is 15.6. The molecule has 4 nitrogen and oxygen atoms in total. The van der Waals surface area contributed by atoms with Gasteiger partial charge in [-0.3, -0.25) is 4.79 Å². The van der Waals surface area contributed by atoms with Crippen molar-refractivity contribution in [3.63, 3.8) is 0 Å². The first-order valence-electron chi connectivity index (χ1n) is 5.01. The van der Waals surface area contributed by atoms with Crippen LogP contribution in [0.2, 0.25) is 0 Å². The number of fused-ring (bicyclic) bond motifs is 1. The Morgan fingerprint density at radius 2 is 2.06 bits per heavy atom. The lowest BCUT2D eigenvalue weighted by Crippen LogP contribution is -2.38. The Balaban J connectivity index is 2.39. The van der Waals surface area contributed by atoms with Crippen molar-refractivity contribution in [3.05, 3.63) is 24.1 Å². The van der Waals surface area contributed by atoms with Gasteiger partial charge in [-0.05, 0) is 12.1 Å². The van der Waals surface area contributed by atoms with Crippen molar-refractivity contribution < 1.29 is 22.4 Å². The molecule has 0 aliphatic carbocycles. The van der Waals surface area contributed by atoms with Crippen molar-refractivity contribution in [2.75, 3.05) is 11.9 Å². The van der Waals surface area contributed by atoms with Crippen molar-refractivity contribution in [1.29, 1.82) is 0 Å². The number of nitrogens with zero attached hydrogens (tertiary/aromatic N) is 2. The zero-order valence-electron chi connectivity index (χ0n) is 9.58. The van der Waals surface area contributed by atoms with E-state index in [1.54, 1.807) is 6.92 Å². The number of benzene rings is 1. The molecular weight excluding hydrogens is 249 g/mol. The highest BCUT2D eigenvalue weighted by Crippen LogP contribution is 2.25. The number of carbonyl (C=O) groups is 1. The predicted molar refractivity (Wildman–Crippen MR) is 58.2 cm³/mol. The number of anilines is 1. The lowest BCUT2D eigenvalue weighted by atomic mass is 10.2. The number of carbonyl (C=O) groups excluding carboxylic acids is 1. The van der Waals surface area contributed by atoms with E-state index in [0.717, 1.165) is 7.05 Å². The van der Waals surface area contributed by atoms with Crippen LogP contribution in [0.1, 0.15) is 5.89 Å². The van der Waals surface area contributed by atoms with E-state index in [4.69, 9.17) is 4.42 Å². The van der Waals surface area contributed by atoms with Crippen molar-refractivity contribution >= 4 is 22.7 Å². The number of hydrogen-bond donors (Lipinski definition) is 0. The standard InChI is InChI=1S/C11H9F3N2O2/c1-6-15-8-4-3-7(5-9(8)18-6)16(2)10(17)11(12,13)14/h3-5H,1-2H3. The number of rotatable bonds is 1. The monoisotopic (exact) mass is 258 g/mol. The maximum absolute atomic E-state index is 12.3. The van der Waals surface area contributed by atoms with Crippen molar-refractivity contribution in [3.8, 4) is 0 Å².